The van der Waals surface area contributed by atoms with Crippen LogP contribution in [0.25, 0.3) is 10.1 Å². The Balaban J connectivity index is 2.96. The van der Waals surface area contributed by atoms with Crippen molar-refractivity contribution in [2.45, 2.75) is 0 Å². The first-order valence-corrected chi connectivity index (χ1v) is 5.60. The lowest BCUT2D eigenvalue weighted by Gasteiger charge is -2.01. The van der Waals surface area contributed by atoms with E-state index in [1.165, 1.54) is 0 Å². The molecule has 0 spiro atoms. The molecule has 0 amide bonds. The van der Waals surface area contributed by atoms with E-state index in [0.29, 0.717) is 11.3 Å². The summed E-state index contributed by atoms with van der Waals surface area (Å²) in [6, 6.07) is 3.84. The first kappa shape index (κ1) is 8.96. The van der Waals surface area contributed by atoms with Crippen LogP contribution in [0.4, 0.5) is 5.69 Å². The maximum atomic E-state index is 10.8. The number of hydrogen-bond acceptors (Lipinski definition) is 3. The Hall–Kier alpha value is -0.620. The lowest BCUT2D eigenvalue weighted by atomic mass is 10.1. The third kappa shape index (κ3) is 1.34. The van der Waals surface area contributed by atoms with Crippen LogP contribution in [0.1, 0.15) is 10.4 Å². The number of aldehydes is 1. The Morgan fingerprint density at radius 2 is 2.31 bits per heavy atom. The van der Waals surface area contributed by atoms with E-state index in [2.05, 4.69) is 22.6 Å². The molecule has 0 aliphatic heterocycles. The van der Waals surface area contributed by atoms with Gasteiger partial charge in [-0.1, -0.05) is 0 Å². The zero-order valence-corrected chi connectivity index (χ0v) is 9.56. The first-order chi connectivity index (χ1) is 6.24. The maximum absolute atomic E-state index is 10.8. The maximum Gasteiger partial charge on any atom is 0.153 e. The number of hydrogen-bond donors (Lipinski definition) is 1. The van der Waals surface area contributed by atoms with Gasteiger partial charge in [0.25, 0.3) is 0 Å². The molecule has 2 N–H and O–H groups in total. The molecule has 1 heterocycles. The van der Waals surface area contributed by atoms with E-state index in [0.717, 1.165) is 19.9 Å². The minimum absolute atomic E-state index is 0.564. The van der Waals surface area contributed by atoms with Gasteiger partial charge in [0.1, 0.15) is 0 Å². The third-order valence-corrected chi connectivity index (χ3v) is 3.72. The fourth-order valence-corrected chi connectivity index (χ4v) is 3.16. The molecule has 0 unspecified atom stereocenters. The molecule has 13 heavy (non-hydrogen) atoms. The van der Waals surface area contributed by atoms with Crippen LogP contribution in [-0.4, -0.2) is 6.29 Å². The molecular formula is C9H6INOS. The molecular weight excluding hydrogens is 297 g/mol. The Morgan fingerprint density at radius 3 is 3.00 bits per heavy atom. The molecule has 0 aliphatic rings. The Labute approximate surface area is 92.9 Å². The largest absolute Gasteiger partial charge is 0.398 e. The summed E-state index contributed by atoms with van der Waals surface area (Å²) in [6.07, 6.45) is 0.824. The minimum atomic E-state index is 0.564. The number of anilines is 1. The van der Waals surface area contributed by atoms with Crippen LogP contribution in [0.5, 0.6) is 0 Å². The monoisotopic (exact) mass is 303 g/mol. The Kier molecular flexibility index (Phi) is 2.25. The van der Waals surface area contributed by atoms with Crippen LogP contribution in [0, 0.1) is 3.57 Å². The van der Waals surface area contributed by atoms with E-state index in [4.69, 9.17) is 5.73 Å². The zero-order chi connectivity index (χ0) is 9.42. The van der Waals surface area contributed by atoms with Crippen molar-refractivity contribution in [2.75, 3.05) is 5.73 Å². The molecule has 4 heteroatoms. The van der Waals surface area contributed by atoms with Gasteiger partial charge in [-0.05, 0) is 40.1 Å². The number of carbonyl (C=O) groups is 1. The zero-order valence-electron chi connectivity index (χ0n) is 6.58. The quantitative estimate of drug-likeness (QED) is 0.500. The van der Waals surface area contributed by atoms with Crippen LogP contribution in [-0.2, 0) is 0 Å². The van der Waals surface area contributed by atoms with E-state index in [9.17, 15) is 4.79 Å². The number of benzene rings is 1. The first-order valence-electron chi connectivity index (χ1n) is 3.64. The van der Waals surface area contributed by atoms with Crippen molar-refractivity contribution >= 4 is 56.0 Å². The molecule has 0 radical (unpaired) electrons. The molecule has 0 aliphatic carbocycles. The number of nitrogen functional groups attached to an aromatic ring is 1. The van der Waals surface area contributed by atoms with E-state index in [1.807, 2.05) is 17.5 Å². The van der Waals surface area contributed by atoms with Gasteiger partial charge in [0.2, 0.25) is 0 Å². The molecule has 2 rings (SSSR count). The molecule has 0 bridgehead atoms. The predicted octanol–water partition coefficient (Wildman–Crippen LogP) is 2.90. The third-order valence-electron chi connectivity index (χ3n) is 1.88. The van der Waals surface area contributed by atoms with E-state index in [1.54, 1.807) is 11.3 Å². The topological polar surface area (TPSA) is 43.1 Å². The normalized spacial score (nSPS) is 10.5. The lowest BCUT2D eigenvalue weighted by Crippen LogP contribution is -1.93. The van der Waals surface area contributed by atoms with Gasteiger partial charge in [-0.15, -0.1) is 11.3 Å². The predicted molar refractivity (Wildman–Crippen MR) is 64.3 cm³/mol. The molecule has 66 valence electrons. The molecule has 2 nitrogen and oxygen atoms in total. The second-order valence-electron chi connectivity index (χ2n) is 2.64. The Morgan fingerprint density at radius 1 is 1.54 bits per heavy atom. The summed E-state index contributed by atoms with van der Waals surface area (Å²) in [5.74, 6) is 0. The summed E-state index contributed by atoms with van der Waals surface area (Å²) in [5, 5.41) is 3.08. The fourth-order valence-electron chi connectivity index (χ4n) is 1.25. The fraction of sp³-hybridized carbons (Fsp3) is 0. The van der Waals surface area contributed by atoms with Crippen molar-refractivity contribution < 1.29 is 4.79 Å². The highest BCUT2D eigenvalue weighted by atomic mass is 127. The number of fused-ring (bicyclic) bond motifs is 1. The summed E-state index contributed by atoms with van der Waals surface area (Å²) < 4.78 is 2.08. The molecule has 1 aromatic carbocycles. The van der Waals surface area contributed by atoms with Gasteiger partial charge in [-0.2, -0.15) is 0 Å². The van der Waals surface area contributed by atoms with Gasteiger partial charge in [-0.25, -0.2) is 0 Å². The van der Waals surface area contributed by atoms with Crippen molar-refractivity contribution in [2.24, 2.45) is 0 Å². The van der Waals surface area contributed by atoms with Gasteiger partial charge >= 0.3 is 0 Å². The van der Waals surface area contributed by atoms with Gasteiger partial charge in [-0.3, -0.25) is 4.79 Å². The van der Waals surface area contributed by atoms with Crippen LogP contribution in [0.2, 0.25) is 0 Å². The van der Waals surface area contributed by atoms with Crippen LogP contribution >= 0.6 is 33.9 Å². The number of rotatable bonds is 1. The number of halogens is 1. The highest BCUT2D eigenvalue weighted by molar-refractivity contribution is 14.1. The molecule has 2 aromatic rings. The molecule has 0 fully saturated rings. The van der Waals surface area contributed by atoms with Gasteiger partial charge in [0.15, 0.2) is 6.29 Å². The van der Waals surface area contributed by atoms with Gasteiger partial charge < -0.3 is 5.73 Å². The summed E-state index contributed by atoms with van der Waals surface area (Å²) >= 11 is 3.77. The molecule has 0 saturated carbocycles. The minimum Gasteiger partial charge on any atom is -0.398 e. The van der Waals surface area contributed by atoms with Gasteiger partial charge in [0, 0.05) is 19.3 Å². The highest BCUT2D eigenvalue weighted by Gasteiger charge is 2.08. The summed E-state index contributed by atoms with van der Waals surface area (Å²) in [5.41, 5.74) is 6.91. The average molecular weight is 303 g/mol. The van der Waals surface area contributed by atoms with E-state index < -0.39 is 0 Å². The average Bonchev–Trinajstić information content (AvgIpc) is 2.53. The highest BCUT2D eigenvalue weighted by Crippen LogP contribution is 2.31. The summed E-state index contributed by atoms with van der Waals surface area (Å²) in [4.78, 5) is 10.8. The lowest BCUT2D eigenvalue weighted by molar-refractivity contribution is 0.112. The van der Waals surface area contributed by atoms with Crippen molar-refractivity contribution in [1.29, 1.82) is 0 Å². The van der Waals surface area contributed by atoms with Crippen molar-refractivity contribution in [3.05, 3.63) is 26.6 Å². The second-order valence-corrected chi connectivity index (χ2v) is 4.72. The second kappa shape index (κ2) is 3.26. The van der Waals surface area contributed by atoms with Crippen LogP contribution in [0.15, 0.2) is 17.5 Å². The van der Waals surface area contributed by atoms with Crippen LogP contribution < -0.4 is 5.73 Å². The number of nitrogens with two attached hydrogens (primary N) is 1. The molecule has 0 atom stereocenters. The summed E-state index contributed by atoms with van der Waals surface area (Å²) in [6.45, 7) is 0. The van der Waals surface area contributed by atoms with Crippen molar-refractivity contribution in [3.8, 4) is 0 Å². The smallest absolute Gasteiger partial charge is 0.153 e. The standard InChI is InChI=1S/C9H6INOS/c10-7-3-8(11)6(4-12)9-5(7)1-2-13-9/h1-4H,11H2. The van der Waals surface area contributed by atoms with Crippen molar-refractivity contribution in [3.63, 3.8) is 0 Å². The molecule has 1 aromatic heterocycles. The SMILES string of the molecule is Nc1cc(I)c2ccsc2c1C=O. The number of carbonyl (C=O) groups excluding carboxylic acids is 1. The number of thiophene rings is 1. The van der Waals surface area contributed by atoms with E-state index >= 15 is 0 Å². The van der Waals surface area contributed by atoms with Gasteiger partial charge in [0.05, 0.1) is 5.56 Å². The van der Waals surface area contributed by atoms with Crippen molar-refractivity contribution in [1.82, 2.24) is 0 Å². The Bertz CT molecular complexity index is 478. The van der Waals surface area contributed by atoms with Crippen LogP contribution in [0.3, 0.4) is 0 Å². The summed E-state index contributed by atoms with van der Waals surface area (Å²) in [7, 11) is 0. The van der Waals surface area contributed by atoms with E-state index in [-0.39, 0.29) is 0 Å². The molecule has 0 saturated heterocycles.